The van der Waals surface area contributed by atoms with Crippen molar-refractivity contribution < 1.29 is 13.2 Å². The predicted octanol–water partition coefficient (Wildman–Crippen LogP) is 4.91. The second-order valence-corrected chi connectivity index (χ2v) is 5.54. The van der Waals surface area contributed by atoms with Crippen molar-refractivity contribution in [2.45, 2.75) is 17.5 Å². The molecule has 0 aliphatic heterocycles. The molecule has 3 rings (SSSR count). The molecule has 0 bridgehead atoms. The van der Waals surface area contributed by atoms with E-state index in [1.165, 1.54) is 5.56 Å². The van der Waals surface area contributed by atoms with Crippen molar-refractivity contribution in [1.82, 2.24) is 0 Å². The first-order valence-electron chi connectivity index (χ1n) is 5.94. The second-order valence-electron chi connectivity index (χ2n) is 4.52. The summed E-state index contributed by atoms with van der Waals surface area (Å²) >= 11 is 0.878. The van der Waals surface area contributed by atoms with E-state index in [-0.39, 0.29) is 0 Å². The zero-order chi connectivity index (χ0) is 13.5. The molecular formula is C15H11F3S. The Morgan fingerprint density at radius 3 is 2.47 bits per heavy atom. The molecule has 0 fully saturated rings. The van der Waals surface area contributed by atoms with Crippen molar-refractivity contribution in [2.24, 2.45) is 0 Å². The van der Waals surface area contributed by atoms with Gasteiger partial charge in [-0.15, -0.1) is 11.8 Å². The van der Waals surface area contributed by atoms with E-state index < -0.39 is 11.9 Å². The van der Waals surface area contributed by atoms with E-state index in [1.807, 2.05) is 36.4 Å². The van der Waals surface area contributed by atoms with Crippen LogP contribution in [0.25, 0.3) is 11.1 Å². The summed E-state index contributed by atoms with van der Waals surface area (Å²) in [6.45, 7) is 0. The normalized spacial score (nSPS) is 13.2. The molecule has 0 spiro atoms. The Bertz CT molecular complexity index is 617. The zero-order valence-electron chi connectivity index (χ0n) is 10.00. The van der Waals surface area contributed by atoms with Crippen LogP contribution in [0.5, 0.6) is 0 Å². The maximum Gasteiger partial charge on any atom is 0.398 e. The molecule has 2 aromatic rings. The summed E-state index contributed by atoms with van der Waals surface area (Å²) in [7, 11) is 0. The van der Waals surface area contributed by atoms with Crippen LogP contribution in [0.1, 0.15) is 11.1 Å². The Kier molecular flexibility index (Phi) is 3.05. The topological polar surface area (TPSA) is 0 Å². The van der Waals surface area contributed by atoms with Crippen molar-refractivity contribution in [1.29, 1.82) is 0 Å². The van der Waals surface area contributed by atoms with Gasteiger partial charge in [0, 0.05) is 4.90 Å². The fourth-order valence-electron chi connectivity index (χ4n) is 2.42. The molecule has 0 radical (unpaired) electrons. The molecule has 0 saturated heterocycles. The quantitative estimate of drug-likeness (QED) is 0.601. The minimum Gasteiger partial charge on any atom is -0.170 e. The molecular weight excluding hydrogens is 269 g/mol. The van der Waals surface area contributed by atoms with Gasteiger partial charge in [0.05, 0.1) is 5.75 Å². The van der Waals surface area contributed by atoms with Crippen molar-refractivity contribution in [3.8, 4) is 11.1 Å². The minimum absolute atomic E-state index is 0.729. The van der Waals surface area contributed by atoms with E-state index in [4.69, 9.17) is 0 Å². The summed E-state index contributed by atoms with van der Waals surface area (Å²) in [5.74, 6) is -0.834. The lowest BCUT2D eigenvalue weighted by Crippen LogP contribution is -2.10. The highest BCUT2D eigenvalue weighted by Gasteiger charge is 2.29. The largest absolute Gasteiger partial charge is 0.398 e. The third-order valence-electron chi connectivity index (χ3n) is 3.20. The molecule has 0 N–H and O–H groups in total. The first-order valence-corrected chi connectivity index (χ1v) is 6.93. The molecule has 0 unspecified atom stereocenters. The third kappa shape index (κ3) is 2.50. The Hall–Kier alpha value is -1.42. The number of alkyl halides is 3. The first kappa shape index (κ1) is 12.6. The predicted molar refractivity (Wildman–Crippen MR) is 71.5 cm³/mol. The summed E-state index contributed by atoms with van der Waals surface area (Å²) < 4.78 is 37.0. The Labute approximate surface area is 113 Å². The monoisotopic (exact) mass is 280 g/mol. The van der Waals surface area contributed by atoms with Crippen molar-refractivity contribution in [3.63, 3.8) is 0 Å². The molecule has 0 nitrogen and oxygen atoms in total. The van der Waals surface area contributed by atoms with Crippen LogP contribution in [-0.2, 0) is 6.42 Å². The SMILES string of the molecule is FC(F)(F)CSc1cccc2c1Cc1ccccc1-2. The summed E-state index contributed by atoms with van der Waals surface area (Å²) in [5.41, 5.74) is 4.44. The average Bonchev–Trinajstić information content (AvgIpc) is 2.74. The Morgan fingerprint density at radius 1 is 0.947 bits per heavy atom. The molecule has 1 aliphatic rings. The van der Waals surface area contributed by atoms with E-state index >= 15 is 0 Å². The van der Waals surface area contributed by atoms with E-state index in [0.29, 0.717) is 0 Å². The Morgan fingerprint density at radius 2 is 1.68 bits per heavy atom. The van der Waals surface area contributed by atoms with Gasteiger partial charge in [0.15, 0.2) is 0 Å². The number of halogens is 3. The third-order valence-corrected chi connectivity index (χ3v) is 4.36. The molecule has 98 valence electrons. The summed E-state index contributed by atoms with van der Waals surface area (Å²) in [5, 5.41) is 0. The molecule has 0 heterocycles. The molecule has 0 amide bonds. The van der Waals surface area contributed by atoms with Crippen LogP contribution in [0, 0.1) is 0 Å². The number of thioether (sulfide) groups is 1. The van der Waals surface area contributed by atoms with E-state index in [2.05, 4.69) is 0 Å². The number of hydrogen-bond acceptors (Lipinski definition) is 1. The van der Waals surface area contributed by atoms with Crippen LogP contribution in [0.4, 0.5) is 13.2 Å². The number of fused-ring (bicyclic) bond motifs is 3. The van der Waals surface area contributed by atoms with Gasteiger partial charge in [0.1, 0.15) is 0 Å². The maximum atomic E-state index is 12.3. The second kappa shape index (κ2) is 4.60. The smallest absolute Gasteiger partial charge is 0.170 e. The van der Waals surface area contributed by atoms with Gasteiger partial charge in [-0.3, -0.25) is 0 Å². The van der Waals surface area contributed by atoms with E-state index in [0.717, 1.165) is 39.8 Å². The maximum absolute atomic E-state index is 12.3. The minimum atomic E-state index is -4.13. The average molecular weight is 280 g/mol. The summed E-state index contributed by atoms with van der Waals surface area (Å²) in [4.78, 5) is 0.742. The van der Waals surface area contributed by atoms with Gasteiger partial charge in [-0.1, -0.05) is 36.4 Å². The summed E-state index contributed by atoms with van der Waals surface area (Å²) in [6, 6.07) is 13.6. The van der Waals surface area contributed by atoms with Gasteiger partial charge in [0.25, 0.3) is 0 Å². The Balaban J connectivity index is 1.95. The zero-order valence-corrected chi connectivity index (χ0v) is 10.8. The lowest BCUT2D eigenvalue weighted by Gasteiger charge is -2.10. The number of hydrogen-bond donors (Lipinski definition) is 0. The van der Waals surface area contributed by atoms with E-state index in [1.54, 1.807) is 6.07 Å². The lowest BCUT2D eigenvalue weighted by atomic mass is 10.1. The molecule has 0 aromatic heterocycles. The van der Waals surface area contributed by atoms with Crippen LogP contribution >= 0.6 is 11.8 Å². The van der Waals surface area contributed by atoms with E-state index in [9.17, 15) is 13.2 Å². The van der Waals surface area contributed by atoms with Crippen molar-refractivity contribution in [2.75, 3.05) is 5.75 Å². The highest BCUT2D eigenvalue weighted by molar-refractivity contribution is 7.99. The molecule has 0 saturated carbocycles. The highest BCUT2D eigenvalue weighted by atomic mass is 32.2. The molecule has 2 aromatic carbocycles. The van der Waals surface area contributed by atoms with Crippen LogP contribution < -0.4 is 0 Å². The van der Waals surface area contributed by atoms with Gasteiger partial charge >= 0.3 is 6.18 Å². The molecule has 0 atom stereocenters. The summed E-state index contributed by atoms with van der Waals surface area (Å²) in [6.07, 6.45) is -3.40. The first-order chi connectivity index (χ1) is 9.04. The van der Waals surface area contributed by atoms with Crippen LogP contribution in [0.2, 0.25) is 0 Å². The van der Waals surface area contributed by atoms with Gasteiger partial charge < -0.3 is 0 Å². The van der Waals surface area contributed by atoms with Crippen LogP contribution in [0.3, 0.4) is 0 Å². The molecule has 19 heavy (non-hydrogen) atoms. The van der Waals surface area contributed by atoms with Gasteiger partial charge in [0.2, 0.25) is 0 Å². The van der Waals surface area contributed by atoms with Gasteiger partial charge in [-0.25, -0.2) is 0 Å². The highest BCUT2D eigenvalue weighted by Crippen LogP contribution is 2.41. The van der Waals surface area contributed by atoms with Crippen LogP contribution in [-0.4, -0.2) is 11.9 Å². The molecule has 4 heteroatoms. The van der Waals surface area contributed by atoms with Gasteiger partial charge in [-0.05, 0) is 34.7 Å². The van der Waals surface area contributed by atoms with Crippen LogP contribution in [0.15, 0.2) is 47.4 Å². The fourth-order valence-corrected chi connectivity index (χ4v) is 3.27. The fraction of sp³-hybridized carbons (Fsp3) is 0.200. The number of rotatable bonds is 2. The van der Waals surface area contributed by atoms with Crippen molar-refractivity contribution >= 4 is 11.8 Å². The standard InChI is InChI=1S/C15H11F3S/c16-15(17,18)9-19-14-7-3-6-12-11-5-2-1-4-10(11)8-13(12)14/h1-7H,8-9H2. The lowest BCUT2D eigenvalue weighted by molar-refractivity contribution is -0.105. The number of benzene rings is 2. The van der Waals surface area contributed by atoms with Crippen molar-refractivity contribution in [3.05, 3.63) is 53.6 Å². The van der Waals surface area contributed by atoms with Gasteiger partial charge in [-0.2, -0.15) is 13.2 Å². The molecule has 1 aliphatic carbocycles.